The van der Waals surface area contributed by atoms with E-state index >= 15 is 0 Å². The lowest BCUT2D eigenvalue weighted by atomic mass is 10.1. The molecule has 220 valence electrons. The molecule has 0 spiro atoms. The molecule has 1 atom stereocenters. The predicted octanol–water partition coefficient (Wildman–Crippen LogP) is 6.04. The molecule has 0 bridgehead atoms. The van der Waals surface area contributed by atoms with E-state index in [1.807, 2.05) is 53.7 Å². The van der Waals surface area contributed by atoms with E-state index in [9.17, 15) is 18.0 Å². The molecule has 7 nitrogen and oxygen atoms in total. The average molecular weight is 598 g/mol. The Morgan fingerprint density at radius 3 is 2.07 bits per heavy atom. The topological polar surface area (TPSA) is 86.8 Å². The van der Waals surface area contributed by atoms with E-state index in [-0.39, 0.29) is 23.3 Å². The highest BCUT2D eigenvalue weighted by Crippen LogP contribution is 2.27. The Bertz CT molecular complexity index is 1450. The number of halogens is 1. The number of hydrogen-bond acceptors (Lipinski definition) is 4. The molecule has 0 aromatic heterocycles. The van der Waals surface area contributed by atoms with Gasteiger partial charge in [0.25, 0.3) is 10.0 Å². The van der Waals surface area contributed by atoms with Gasteiger partial charge in [-0.1, -0.05) is 74.3 Å². The van der Waals surface area contributed by atoms with Crippen molar-refractivity contribution in [2.45, 2.75) is 65.4 Å². The zero-order valence-electron chi connectivity index (χ0n) is 24.6. The number of carbonyl (C=O) groups excluding carboxylic acids is 2. The number of carbonyl (C=O) groups is 2. The molecule has 0 aliphatic heterocycles. The Balaban J connectivity index is 2.09. The van der Waals surface area contributed by atoms with Crippen LogP contribution >= 0.6 is 11.6 Å². The number of rotatable bonds is 12. The molecule has 0 aliphatic carbocycles. The maximum Gasteiger partial charge on any atom is 0.264 e. The van der Waals surface area contributed by atoms with Crippen molar-refractivity contribution in [2.24, 2.45) is 5.92 Å². The van der Waals surface area contributed by atoms with Crippen molar-refractivity contribution in [1.82, 2.24) is 10.2 Å². The molecule has 3 rings (SSSR count). The third-order valence-corrected chi connectivity index (χ3v) is 8.91. The summed E-state index contributed by atoms with van der Waals surface area (Å²) in [5.41, 5.74) is 3.69. The second kappa shape index (κ2) is 14.0. The Hall–Kier alpha value is -3.36. The van der Waals surface area contributed by atoms with Crippen LogP contribution in [0.4, 0.5) is 5.69 Å². The quantitative estimate of drug-likeness (QED) is 0.276. The van der Waals surface area contributed by atoms with Crippen molar-refractivity contribution in [3.8, 4) is 0 Å². The normalized spacial score (nSPS) is 12.2. The number of benzene rings is 3. The van der Waals surface area contributed by atoms with Gasteiger partial charge in [0.2, 0.25) is 11.8 Å². The minimum Gasteiger partial charge on any atom is -0.354 e. The van der Waals surface area contributed by atoms with Crippen LogP contribution in [0.15, 0.2) is 71.6 Å². The lowest BCUT2D eigenvalue weighted by Gasteiger charge is -2.33. The Morgan fingerprint density at radius 1 is 0.902 bits per heavy atom. The monoisotopic (exact) mass is 597 g/mol. The molecule has 41 heavy (non-hydrogen) atoms. The maximum absolute atomic E-state index is 14.2. The molecule has 1 N–H and O–H groups in total. The minimum absolute atomic E-state index is 0.0530. The summed E-state index contributed by atoms with van der Waals surface area (Å²) in [5.74, 6) is -0.573. The number of sulfonamides is 1. The van der Waals surface area contributed by atoms with E-state index in [2.05, 4.69) is 5.32 Å². The van der Waals surface area contributed by atoms with E-state index in [0.717, 1.165) is 21.0 Å². The number of hydrogen-bond donors (Lipinski definition) is 1. The summed E-state index contributed by atoms with van der Waals surface area (Å²) in [6.07, 6.45) is 0.342. The fraction of sp³-hybridized carbons (Fsp3) is 0.375. The number of amides is 2. The van der Waals surface area contributed by atoms with Crippen molar-refractivity contribution in [3.05, 3.63) is 94.0 Å². The molecule has 0 saturated heterocycles. The average Bonchev–Trinajstić information content (AvgIpc) is 2.90. The van der Waals surface area contributed by atoms with Crippen LogP contribution < -0.4 is 9.62 Å². The van der Waals surface area contributed by atoms with Crippen LogP contribution in [0.1, 0.15) is 49.4 Å². The van der Waals surface area contributed by atoms with Crippen LogP contribution in [0.25, 0.3) is 0 Å². The summed E-state index contributed by atoms with van der Waals surface area (Å²) in [6, 6.07) is 18.3. The molecule has 0 unspecified atom stereocenters. The van der Waals surface area contributed by atoms with Gasteiger partial charge in [-0.15, -0.1) is 0 Å². The summed E-state index contributed by atoms with van der Waals surface area (Å²) in [7, 11) is -4.13. The molecule has 0 heterocycles. The van der Waals surface area contributed by atoms with Gasteiger partial charge in [0, 0.05) is 18.1 Å². The highest BCUT2D eigenvalue weighted by Gasteiger charge is 2.34. The molecule has 0 radical (unpaired) electrons. The first kappa shape index (κ1) is 32.2. The highest BCUT2D eigenvalue weighted by molar-refractivity contribution is 7.92. The van der Waals surface area contributed by atoms with Gasteiger partial charge in [0.1, 0.15) is 12.6 Å². The maximum atomic E-state index is 14.2. The first-order valence-corrected chi connectivity index (χ1v) is 15.6. The fourth-order valence-corrected chi connectivity index (χ4v) is 6.21. The zero-order chi connectivity index (χ0) is 30.3. The zero-order valence-corrected chi connectivity index (χ0v) is 26.2. The van der Waals surface area contributed by atoms with Crippen LogP contribution in [0.5, 0.6) is 0 Å². The highest BCUT2D eigenvalue weighted by atomic mass is 35.5. The predicted molar refractivity (Wildman–Crippen MR) is 166 cm³/mol. The summed E-state index contributed by atoms with van der Waals surface area (Å²) in [6.45, 7) is 11.5. The van der Waals surface area contributed by atoms with Crippen LogP contribution in [0, 0.1) is 26.7 Å². The van der Waals surface area contributed by atoms with Gasteiger partial charge in [-0.3, -0.25) is 13.9 Å². The summed E-state index contributed by atoms with van der Waals surface area (Å²) < 4.78 is 29.2. The first-order chi connectivity index (χ1) is 19.3. The van der Waals surface area contributed by atoms with Gasteiger partial charge in [-0.2, -0.15) is 0 Å². The van der Waals surface area contributed by atoms with E-state index in [1.165, 1.54) is 4.90 Å². The molecule has 0 aliphatic rings. The number of nitrogens with one attached hydrogen (secondary N) is 1. The van der Waals surface area contributed by atoms with Gasteiger partial charge in [0.15, 0.2) is 0 Å². The SMILES string of the molecule is CC[C@H](C(=O)NCC(C)C)N(Cc1ccccc1Cl)C(=O)CN(c1cc(C)cc(C)c1)S(=O)(=O)c1ccc(C)cc1. The lowest BCUT2D eigenvalue weighted by molar-refractivity contribution is -0.140. The van der Waals surface area contributed by atoms with Crippen molar-refractivity contribution in [2.75, 3.05) is 17.4 Å². The molecule has 3 aromatic carbocycles. The third kappa shape index (κ3) is 8.33. The van der Waals surface area contributed by atoms with Crippen molar-refractivity contribution < 1.29 is 18.0 Å². The molecule has 2 amide bonds. The molecular formula is C32H40ClN3O4S. The van der Waals surface area contributed by atoms with Crippen LogP contribution in [0.2, 0.25) is 5.02 Å². The smallest absolute Gasteiger partial charge is 0.264 e. The fourth-order valence-electron chi connectivity index (χ4n) is 4.61. The summed E-state index contributed by atoms with van der Waals surface area (Å²) in [4.78, 5) is 29.0. The van der Waals surface area contributed by atoms with Gasteiger partial charge in [-0.05, 0) is 80.1 Å². The number of aryl methyl sites for hydroxylation is 3. The van der Waals surface area contributed by atoms with Crippen LogP contribution in [-0.2, 0) is 26.2 Å². The Labute approximate surface area is 249 Å². The van der Waals surface area contributed by atoms with Crippen molar-refractivity contribution in [3.63, 3.8) is 0 Å². The third-order valence-electron chi connectivity index (χ3n) is 6.75. The van der Waals surface area contributed by atoms with E-state index in [1.54, 1.807) is 54.6 Å². The summed E-state index contributed by atoms with van der Waals surface area (Å²) >= 11 is 6.46. The summed E-state index contributed by atoms with van der Waals surface area (Å²) in [5, 5.41) is 3.39. The molecule has 9 heteroatoms. The van der Waals surface area contributed by atoms with E-state index in [0.29, 0.717) is 29.2 Å². The van der Waals surface area contributed by atoms with Crippen molar-refractivity contribution in [1.29, 1.82) is 0 Å². The number of anilines is 1. The van der Waals surface area contributed by atoms with E-state index < -0.39 is 28.5 Å². The van der Waals surface area contributed by atoms with E-state index in [4.69, 9.17) is 11.6 Å². The van der Waals surface area contributed by atoms with Crippen molar-refractivity contribution >= 4 is 39.1 Å². The van der Waals surface area contributed by atoms with Crippen LogP contribution in [0.3, 0.4) is 0 Å². The standard InChI is InChI=1S/C32H40ClN3O4S/c1-7-30(32(38)34-19-22(2)3)35(20-26-10-8-9-11-29(26)33)31(37)21-36(27-17-24(5)16-25(6)18-27)41(39,40)28-14-12-23(4)13-15-28/h8-18,22,30H,7,19-21H2,1-6H3,(H,34,38)/t30-/m1/s1. The molecule has 3 aromatic rings. The van der Waals surface area contributed by atoms with Gasteiger partial charge < -0.3 is 10.2 Å². The van der Waals surface area contributed by atoms with Gasteiger partial charge >= 0.3 is 0 Å². The Morgan fingerprint density at radius 2 is 1.51 bits per heavy atom. The largest absolute Gasteiger partial charge is 0.354 e. The molecule has 0 saturated carbocycles. The lowest BCUT2D eigenvalue weighted by Crippen LogP contribution is -2.52. The van der Waals surface area contributed by atoms with Crippen LogP contribution in [-0.4, -0.2) is 44.3 Å². The number of nitrogens with zero attached hydrogens (tertiary/aromatic N) is 2. The molecule has 0 fully saturated rings. The Kier molecular flexibility index (Phi) is 11.0. The minimum atomic E-state index is -4.13. The first-order valence-electron chi connectivity index (χ1n) is 13.8. The second-order valence-electron chi connectivity index (χ2n) is 10.8. The second-order valence-corrected chi connectivity index (χ2v) is 13.1. The van der Waals surface area contributed by atoms with Gasteiger partial charge in [0.05, 0.1) is 10.6 Å². The molecular weight excluding hydrogens is 558 g/mol. The van der Waals surface area contributed by atoms with Gasteiger partial charge in [-0.25, -0.2) is 8.42 Å².